The van der Waals surface area contributed by atoms with Crippen LogP contribution >= 0.6 is 0 Å². The van der Waals surface area contributed by atoms with Gasteiger partial charge in [0.05, 0.1) is 12.5 Å². The van der Waals surface area contributed by atoms with Crippen molar-refractivity contribution < 1.29 is 19.4 Å². The van der Waals surface area contributed by atoms with E-state index >= 15 is 0 Å². The number of hydrogen-bond acceptors (Lipinski definition) is 4. The Kier molecular flexibility index (Phi) is 4.22. The number of carbonyl (C=O) groups is 2. The molecule has 0 spiro atoms. The van der Waals surface area contributed by atoms with Crippen LogP contribution in [0.1, 0.15) is 40.0 Å². The number of ether oxygens (including phenoxy) is 1. The Morgan fingerprint density at radius 3 is 2.35 bits per heavy atom. The van der Waals surface area contributed by atoms with E-state index in [4.69, 9.17) is 4.74 Å². The molecule has 20 heavy (non-hydrogen) atoms. The molecular formula is C14H24N2O4. The molecule has 0 saturated carbocycles. The summed E-state index contributed by atoms with van der Waals surface area (Å²) in [5.74, 6) is 0.0215. The summed E-state index contributed by atoms with van der Waals surface area (Å²) >= 11 is 0. The molecule has 1 N–H and O–H groups in total. The van der Waals surface area contributed by atoms with E-state index < -0.39 is 11.7 Å². The lowest BCUT2D eigenvalue weighted by molar-refractivity contribution is -0.130. The molecule has 0 aromatic heterocycles. The molecule has 114 valence electrons. The Morgan fingerprint density at radius 2 is 1.90 bits per heavy atom. The number of aliphatic hydroxyl groups excluding tert-OH is 1. The van der Waals surface area contributed by atoms with Crippen molar-refractivity contribution in [1.82, 2.24) is 9.80 Å². The van der Waals surface area contributed by atoms with Crippen molar-refractivity contribution in [2.24, 2.45) is 0 Å². The Bertz CT molecular complexity index is 383. The first-order valence-corrected chi connectivity index (χ1v) is 7.22. The van der Waals surface area contributed by atoms with Gasteiger partial charge in [0.1, 0.15) is 5.60 Å². The van der Waals surface area contributed by atoms with Crippen LogP contribution in [0.15, 0.2) is 0 Å². The lowest BCUT2D eigenvalue weighted by Gasteiger charge is -2.37. The van der Waals surface area contributed by atoms with E-state index in [1.54, 1.807) is 9.80 Å². The minimum absolute atomic E-state index is 0.0215. The minimum atomic E-state index is -0.536. The molecular weight excluding hydrogens is 260 g/mol. The number of nitrogens with zero attached hydrogens (tertiary/aromatic N) is 2. The van der Waals surface area contributed by atoms with E-state index in [1.807, 2.05) is 20.8 Å². The molecule has 0 radical (unpaired) electrons. The van der Waals surface area contributed by atoms with E-state index in [2.05, 4.69) is 0 Å². The lowest BCUT2D eigenvalue weighted by atomic mass is 10.0. The van der Waals surface area contributed by atoms with Crippen molar-refractivity contribution in [1.29, 1.82) is 0 Å². The van der Waals surface area contributed by atoms with Gasteiger partial charge in [0.25, 0.3) is 0 Å². The summed E-state index contributed by atoms with van der Waals surface area (Å²) in [6.45, 7) is 7.17. The molecule has 2 aliphatic rings. The number of amides is 2. The molecule has 2 rings (SSSR count). The average Bonchev–Trinajstić information content (AvgIpc) is 2.66. The van der Waals surface area contributed by atoms with E-state index in [1.165, 1.54) is 0 Å². The van der Waals surface area contributed by atoms with Crippen LogP contribution in [0.2, 0.25) is 0 Å². The first-order valence-electron chi connectivity index (χ1n) is 7.22. The largest absolute Gasteiger partial charge is 0.444 e. The number of aliphatic hydroxyl groups is 1. The fourth-order valence-corrected chi connectivity index (χ4v) is 2.75. The normalized spacial score (nSPS) is 25.2. The first-order chi connectivity index (χ1) is 9.26. The maximum Gasteiger partial charge on any atom is 0.410 e. The Hall–Kier alpha value is -1.30. The zero-order valence-corrected chi connectivity index (χ0v) is 12.5. The third-order valence-electron chi connectivity index (χ3n) is 3.69. The van der Waals surface area contributed by atoms with Crippen LogP contribution < -0.4 is 0 Å². The van der Waals surface area contributed by atoms with Gasteiger partial charge in [-0.05, 0) is 33.6 Å². The van der Waals surface area contributed by atoms with Gasteiger partial charge in [-0.25, -0.2) is 4.79 Å². The van der Waals surface area contributed by atoms with E-state index in [-0.39, 0.29) is 24.5 Å². The van der Waals surface area contributed by atoms with Gasteiger partial charge in [0.2, 0.25) is 5.91 Å². The van der Waals surface area contributed by atoms with Crippen LogP contribution in [0.25, 0.3) is 0 Å². The summed E-state index contributed by atoms with van der Waals surface area (Å²) in [6, 6.07) is 0.137. The molecule has 1 atom stereocenters. The number of rotatable bonds is 1. The summed E-state index contributed by atoms with van der Waals surface area (Å²) in [5.41, 5.74) is -0.483. The van der Waals surface area contributed by atoms with Gasteiger partial charge in [-0.3, -0.25) is 4.79 Å². The number of likely N-dealkylation sites (tertiary alicyclic amines) is 2. The predicted molar refractivity (Wildman–Crippen MR) is 73.2 cm³/mol. The van der Waals surface area contributed by atoms with Gasteiger partial charge in [-0.15, -0.1) is 0 Å². The zero-order chi connectivity index (χ0) is 14.9. The molecule has 0 bridgehead atoms. The molecule has 2 saturated heterocycles. The van der Waals surface area contributed by atoms with Crippen molar-refractivity contribution in [3.8, 4) is 0 Å². The second-order valence-electron chi connectivity index (χ2n) is 6.60. The Labute approximate surface area is 119 Å². The molecule has 6 nitrogen and oxygen atoms in total. The van der Waals surface area contributed by atoms with Crippen LogP contribution in [0.3, 0.4) is 0 Å². The smallest absolute Gasteiger partial charge is 0.410 e. The van der Waals surface area contributed by atoms with Crippen LogP contribution in [0.5, 0.6) is 0 Å². The van der Waals surface area contributed by atoms with Crippen molar-refractivity contribution in [2.75, 3.05) is 19.6 Å². The first kappa shape index (κ1) is 15.1. The average molecular weight is 284 g/mol. The predicted octanol–water partition coefficient (Wildman–Crippen LogP) is 0.979. The maximum absolute atomic E-state index is 11.9. The summed E-state index contributed by atoms with van der Waals surface area (Å²) in [5, 5.41) is 9.52. The monoisotopic (exact) mass is 284 g/mol. The highest BCUT2D eigenvalue weighted by atomic mass is 16.6. The number of hydrogen-bond donors (Lipinski definition) is 1. The lowest BCUT2D eigenvalue weighted by Crippen LogP contribution is -2.48. The fourth-order valence-electron chi connectivity index (χ4n) is 2.75. The summed E-state index contributed by atoms with van der Waals surface area (Å²) in [6.07, 6.45) is 0.900. The van der Waals surface area contributed by atoms with Crippen molar-refractivity contribution in [2.45, 2.75) is 57.8 Å². The highest BCUT2D eigenvalue weighted by Crippen LogP contribution is 2.23. The topological polar surface area (TPSA) is 70.1 Å². The zero-order valence-electron chi connectivity index (χ0n) is 12.5. The van der Waals surface area contributed by atoms with E-state index in [0.29, 0.717) is 19.6 Å². The second-order valence-corrected chi connectivity index (χ2v) is 6.60. The Morgan fingerprint density at radius 1 is 1.30 bits per heavy atom. The quantitative estimate of drug-likeness (QED) is 0.779. The van der Waals surface area contributed by atoms with Crippen molar-refractivity contribution in [3.05, 3.63) is 0 Å². The SMILES string of the molecule is CC(C)(C)OC(=O)N1CCC(N2C[C@@H](O)CC2=O)CC1. The molecule has 2 fully saturated rings. The molecule has 6 heteroatoms. The summed E-state index contributed by atoms with van der Waals surface area (Å²) < 4.78 is 5.34. The second kappa shape index (κ2) is 5.60. The minimum Gasteiger partial charge on any atom is -0.444 e. The summed E-state index contributed by atoms with van der Waals surface area (Å²) in [4.78, 5) is 27.1. The third kappa shape index (κ3) is 3.62. The molecule has 0 aromatic carbocycles. The standard InChI is InChI=1S/C14H24N2O4/c1-14(2,3)20-13(19)15-6-4-10(5-7-15)16-9-11(17)8-12(16)18/h10-11,17H,4-9H2,1-3H3/t11-/m0/s1. The van der Waals surface area contributed by atoms with Crippen molar-refractivity contribution in [3.63, 3.8) is 0 Å². The van der Waals surface area contributed by atoms with Gasteiger partial charge >= 0.3 is 6.09 Å². The van der Waals surface area contributed by atoms with E-state index in [0.717, 1.165) is 12.8 Å². The van der Waals surface area contributed by atoms with Crippen LogP contribution in [0.4, 0.5) is 4.79 Å². The van der Waals surface area contributed by atoms with Crippen molar-refractivity contribution >= 4 is 12.0 Å². The van der Waals surface area contributed by atoms with Gasteiger partial charge in [-0.1, -0.05) is 0 Å². The van der Waals surface area contributed by atoms with Gasteiger partial charge in [0.15, 0.2) is 0 Å². The maximum atomic E-state index is 11.9. The fraction of sp³-hybridized carbons (Fsp3) is 0.857. The van der Waals surface area contributed by atoms with Gasteiger partial charge in [-0.2, -0.15) is 0 Å². The van der Waals surface area contributed by atoms with Gasteiger partial charge < -0.3 is 19.6 Å². The summed E-state index contributed by atoms with van der Waals surface area (Å²) in [7, 11) is 0. The molecule has 2 amide bonds. The molecule has 2 aliphatic heterocycles. The molecule has 2 heterocycles. The number of carbonyl (C=O) groups excluding carboxylic acids is 2. The highest BCUT2D eigenvalue weighted by molar-refractivity contribution is 5.79. The Balaban J connectivity index is 1.83. The molecule has 0 unspecified atom stereocenters. The highest BCUT2D eigenvalue weighted by Gasteiger charge is 2.36. The van der Waals surface area contributed by atoms with Crippen LogP contribution in [0, 0.1) is 0 Å². The molecule has 0 aromatic rings. The number of β-amino-alcohol motifs (C(OH)–C–C–N with tert-alkyl or cyclic N) is 1. The van der Waals surface area contributed by atoms with Crippen LogP contribution in [-0.4, -0.2) is 64.3 Å². The molecule has 0 aliphatic carbocycles. The van der Waals surface area contributed by atoms with Gasteiger partial charge in [0, 0.05) is 25.7 Å². The van der Waals surface area contributed by atoms with Crippen LogP contribution in [-0.2, 0) is 9.53 Å². The third-order valence-corrected chi connectivity index (χ3v) is 3.69. The number of piperidine rings is 1. The van der Waals surface area contributed by atoms with E-state index in [9.17, 15) is 14.7 Å².